The zero-order valence-corrected chi connectivity index (χ0v) is 43.6. The molecule has 0 aliphatic heterocycles. The average Bonchev–Trinajstić information content (AvgIpc) is 3.34. The molecule has 1 N–H and O–H groups in total. The maximum Gasteiger partial charge on any atom is 0.337 e. The van der Waals surface area contributed by atoms with Crippen molar-refractivity contribution in [3.63, 3.8) is 0 Å². The van der Waals surface area contributed by atoms with E-state index in [4.69, 9.17) is 23.7 Å². The molecule has 2 rings (SSSR count). The molecule has 0 aromatic heterocycles. The molecule has 0 unspecified atom stereocenters. The Labute approximate surface area is 407 Å². The van der Waals surface area contributed by atoms with Crippen LogP contribution in [0.4, 0.5) is 0 Å². The summed E-state index contributed by atoms with van der Waals surface area (Å²) in [4.78, 5) is 12.1. The summed E-state index contributed by atoms with van der Waals surface area (Å²) in [6.07, 6.45) is 42.3. The number of rotatable bonds is 46. The van der Waals surface area contributed by atoms with Gasteiger partial charge in [-0.2, -0.15) is 0 Å². The van der Waals surface area contributed by atoms with Gasteiger partial charge in [0.25, 0.3) is 0 Å². The number of hydrogen-bond acceptors (Lipinski definition) is 7. The van der Waals surface area contributed by atoms with Crippen molar-refractivity contribution in [2.75, 3.05) is 26.9 Å². The molecule has 0 radical (unpaired) electrons. The molecule has 0 saturated carbocycles. The molecule has 7 heteroatoms. The van der Waals surface area contributed by atoms with Crippen molar-refractivity contribution < 1.29 is 33.6 Å². The largest absolute Gasteiger partial charge is 0.467 e. The summed E-state index contributed by atoms with van der Waals surface area (Å²) < 4.78 is 28.4. The molecule has 0 aliphatic rings. The summed E-state index contributed by atoms with van der Waals surface area (Å²) in [6.45, 7) is 10.7. The zero-order valence-electron chi connectivity index (χ0n) is 43.6. The van der Waals surface area contributed by atoms with E-state index in [-0.39, 0.29) is 30.9 Å². The molecule has 0 aliphatic carbocycles. The Bertz CT molecular complexity index is 1260. The molecule has 0 amide bonds. The number of carbonyl (C=O) groups is 1. The van der Waals surface area contributed by atoms with E-state index in [0.29, 0.717) is 19.8 Å². The quantitative estimate of drug-likeness (QED) is 0.0523. The average molecular weight is 925 g/mol. The fraction of sp³-hybridized carbons (Fsp3) is 0.780. The van der Waals surface area contributed by atoms with Gasteiger partial charge in [-0.15, -0.1) is 0 Å². The number of methoxy groups -OCH3 is 1. The first-order valence-electron chi connectivity index (χ1n) is 27.7. The van der Waals surface area contributed by atoms with Gasteiger partial charge < -0.3 is 28.8 Å². The maximum atomic E-state index is 12.1. The van der Waals surface area contributed by atoms with Gasteiger partial charge in [0.1, 0.15) is 6.10 Å². The Hall–Kier alpha value is -2.29. The Morgan fingerprint density at radius 2 is 0.727 bits per heavy atom. The predicted octanol–water partition coefficient (Wildman–Crippen LogP) is 16.6. The smallest absolute Gasteiger partial charge is 0.337 e. The molecule has 0 saturated heterocycles. The van der Waals surface area contributed by atoms with Gasteiger partial charge >= 0.3 is 5.97 Å². The van der Waals surface area contributed by atoms with Crippen LogP contribution >= 0.6 is 0 Å². The SMILES string of the molecule is CCCCCCCCCCCCCCCCCCO[C@@H](C)[C@@H](OCc1ccccc1)C(=O)OC.CCCCCCCCCCCCCCCCCCO[C@@H](C)[C@H](CO)OCc1ccccc1. The second-order valence-electron chi connectivity index (χ2n) is 19.0. The first kappa shape index (κ1) is 61.7. The van der Waals surface area contributed by atoms with Gasteiger partial charge in [-0.1, -0.05) is 267 Å². The molecule has 2 aromatic carbocycles. The minimum atomic E-state index is -0.703. The van der Waals surface area contributed by atoms with E-state index in [9.17, 15) is 9.90 Å². The molecule has 0 spiro atoms. The van der Waals surface area contributed by atoms with E-state index in [1.54, 1.807) is 0 Å². The van der Waals surface area contributed by atoms with E-state index in [2.05, 4.69) is 13.8 Å². The van der Waals surface area contributed by atoms with E-state index in [0.717, 1.165) is 30.6 Å². The van der Waals surface area contributed by atoms with Gasteiger partial charge in [0.2, 0.25) is 0 Å². The number of ether oxygens (including phenoxy) is 5. The van der Waals surface area contributed by atoms with Crippen molar-refractivity contribution >= 4 is 5.97 Å². The number of benzene rings is 2. The lowest BCUT2D eigenvalue weighted by Crippen LogP contribution is -2.37. The van der Waals surface area contributed by atoms with Crippen LogP contribution in [0.25, 0.3) is 0 Å². The molecule has 0 heterocycles. The van der Waals surface area contributed by atoms with Gasteiger partial charge in [-0.25, -0.2) is 4.79 Å². The van der Waals surface area contributed by atoms with Gasteiger partial charge in [-0.3, -0.25) is 0 Å². The van der Waals surface area contributed by atoms with Crippen LogP contribution in [-0.2, 0) is 41.7 Å². The predicted molar refractivity (Wildman–Crippen MR) is 279 cm³/mol. The number of unbranched alkanes of at least 4 members (excludes halogenated alkanes) is 30. The third-order valence-corrected chi connectivity index (χ3v) is 12.9. The number of aliphatic hydroxyl groups is 1. The number of carbonyl (C=O) groups excluding carboxylic acids is 1. The molecule has 0 bridgehead atoms. The minimum Gasteiger partial charge on any atom is -0.467 e. The van der Waals surface area contributed by atoms with Crippen LogP contribution < -0.4 is 0 Å². The highest BCUT2D eigenvalue weighted by Crippen LogP contribution is 2.17. The van der Waals surface area contributed by atoms with Crippen molar-refractivity contribution in [3.8, 4) is 0 Å². The van der Waals surface area contributed by atoms with Crippen LogP contribution in [0, 0.1) is 0 Å². The Morgan fingerprint density at radius 3 is 1.05 bits per heavy atom. The van der Waals surface area contributed by atoms with E-state index in [1.807, 2.05) is 74.5 Å². The van der Waals surface area contributed by atoms with Gasteiger partial charge in [0, 0.05) is 13.2 Å². The Morgan fingerprint density at radius 1 is 0.424 bits per heavy atom. The van der Waals surface area contributed by atoms with Crippen LogP contribution in [0.1, 0.15) is 244 Å². The number of esters is 1. The maximum absolute atomic E-state index is 12.1. The summed E-state index contributed by atoms with van der Waals surface area (Å²) in [5.41, 5.74) is 2.15. The first-order chi connectivity index (χ1) is 32.5. The van der Waals surface area contributed by atoms with Crippen molar-refractivity contribution in [1.29, 1.82) is 0 Å². The Balaban J connectivity index is 0.000000661. The van der Waals surface area contributed by atoms with Crippen LogP contribution in [0.3, 0.4) is 0 Å². The summed E-state index contributed by atoms with van der Waals surface area (Å²) in [5, 5.41) is 9.61. The van der Waals surface area contributed by atoms with Gasteiger partial charge in [0.05, 0.1) is 39.1 Å². The highest BCUT2D eigenvalue weighted by molar-refractivity contribution is 5.75. The summed E-state index contributed by atoms with van der Waals surface area (Å²) in [6, 6.07) is 19.9. The third-order valence-electron chi connectivity index (χ3n) is 12.9. The molecule has 0 fully saturated rings. The topological polar surface area (TPSA) is 83.5 Å². The number of aliphatic hydroxyl groups excluding tert-OH is 1. The van der Waals surface area contributed by atoms with Crippen LogP contribution in [0.15, 0.2) is 60.7 Å². The second kappa shape index (κ2) is 47.8. The lowest BCUT2D eigenvalue weighted by atomic mass is 10.0. The minimum absolute atomic E-state index is 0.00699. The highest BCUT2D eigenvalue weighted by atomic mass is 16.6. The van der Waals surface area contributed by atoms with Crippen molar-refractivity contribution in [1.82, 2.24) is 0 Å². The van der Waals surface area contributed by atoms with Gasteiger partial charge in [-0.05, 0) is 37.8 Å². The van der Waals surface area contributed by atoms with Gasteiger partial charge in [0.15, 0.2) is 6.10 Å². The molecular formula is C59H104O7. The van der Waals surface area contributed by atoms with Crippen LogP contribution in [0.5, 0.6) is 0 Å². The summed E-state index contributed by atoms with van der Waals surface area (Å²) in [7, 11) is 1.39. The number of hydrogen-bond donors (Lipinski definition) is 1. The van der Waals surface area contributed by atoms with E-state index < -0.39 is 6.10 Å². The lowest BCUT2D eigenvalue weighted by Gasteiger charge is -2.23. The van der Waals surface area contributed by atoms with Crippen molar-refractivity contribution in [2.45, 2.75) is 271 Å². The summed E-state index contributed by atoms with van der Waals surface area (Å²) in [5.74, 6) is -0.379. The lowest BCUT2D eigenvalue weighted by molar-refractivity contribution is -0.166. The van der Waals surface area contributed by atoms with E-state index >= 15 is 0 Å². The first-order valence-corrected chi connectivity index (χ1v) is 27.7. The molecule has 66 heavy (non-hydrogen) atoms. The fourth-order valence-corrected chi connectivity index (χ4v) is 8.42. The highest BCUT2D eigenvalue weighted by Gasteiger charge is 2.27. The van der Waals surface area contributed by atoms with Crippen molar-refractivity contribution in [2.24, 2.45) is 0 Å². The molecule has 2 aromatic rings. The second-order valence-corrected chi connectivity index (χ2v) is 19.0. The summed E-state index contributed by atoms with van der Waals surface area (Å²) >= 11 is 0. The fourth-order valence-electron chi connectivity index (χ4n) is 8.42. The molecule has 382 valence electrons. The third kappa shape index (κ3) is 37.7. The van der Waals surface area contributed by atoms with Crippen molar-refractivity contribution in [3.05, 3.63) is 71.8 Å². The molecule has 7 nitrogen and oxygen atoms in total. The van der Waals surface area contributed by atoms with Crippen LogP contribution in [0.2, 0.25) is 0 Å². The molecule has 4 atom stereocenters. The monoisotopic (exact) mass is 925 g/mol. The standard InChI is InChI=1S/C30H52O4.C29H52O3/c1-4-5-6-7-8-9-10-11-12-13-14-15-16-17-18-22-25-33-27(2)29(30(31)32-3)34-26-28-23-20-19-21-24-28;1-3-4-5-6-7-8-9-10-11-12-13-14-15-16-17-21-24-31-27(2)29(25-30)32-26-28-22-19-18-20-23-28/h19-21,23-24,27,29H,4-18,22,25-26H2,1-3H3;18-20,22-23,27,29-30H,3-17,21,24-26H2,1-2H3/t27-,29+;27-,29-/m00/s1. The Kier molecular flexibility index (Phi) is 44.7. The normalized spacial score (nSPS) is 13.2. The van der Waals surface area contributed by atoms with E-state index in [1.165, 1.54) is 200 Å². The zero-order chi connectivity index (χ0) is 47.8. The van der Waals surface area contributed by atoms with Crippen LogP contribution in [-0.4, -0.2) is 62.4 Å². The molecular weight excluding hydrogens is 821 g/mol.